The number of rotatable bonds is 3. The van der Waals surface area contributed by atoms with Crippen molar-refractivity contribution in [2.45, 2.75) is 45.8 Å². The Kier molecular flexibility index (Phi) is 3.51. The molecular formula is C10H20FN. The van der Waals surface area contributed by atoms with Crippen molar-refractivity contribution in [3.8, 4) is 0 Å². The maximum absolute atomic E-state index is 13.0. The van der Waals surface area contributed by atoms with Crippen LogP contribution in [0.25, 0.3) is 0 Å². The third kappa shape index (κ3) is 2.44. The normalized spacial score (nSPS) is 34.0. The highest BCUT2D eigenvalue weighted by Gasteiger charge is 2.27. The van der Waals surface area contributed by atoms with Gasteiger partial charge >= 0.3 is 0 Å². The van der Waals surface area contributed by atoms with Crippen LogP contribution in [0.1, 0.15) is 33.6 Å². The van der Waals surface area contributed by atoms with E-state index in [0.29, 0.717) is 19.0 Å². The average Bonchev–Trinajstić information content (AvgIpc) is 2.30. The topological polar surface area (TPSA) is 3.24 Å². The summed E-state index contributed by atoms with van der Waals surface area (Å²) in [6.45, 7) is 8.08. The maximum Gasteiger partial charge on any atom is 0.112 e. The van der Waals surface area contributed by atoms with Gasteiger partial charge in [-0.1, -0.05) is 13.8 Å². The molecule has 12 heavy (non-hydrogen) atoms. The van der Waals surface area contributed by atoms with Crippen LogP contribution in [0.15, 0.2) is 0 Å². The molecule has 0 N–H and O–H groups in total. The molecule has 72 valence electrons. The summed E-state index contributed by atoms with van der Waals surface area (Å²) in [6.07, 6.45) is 1.26. The molecule has 1 nitrogen and oxygen atoms in total. The maximum atomic E-state index is 13.0. The predicted molar refractivity (Wildman–Crippen MR) is 50.0 cm³/mol. The van der Waals surface area contributed by atoms with E-state index < -0.39 is 6.17 Å². The standard InChI is InChI=1S/C10H20FN/c1-4-10(11)7-12-6-8(2)5-9(12)3/h8-10H,4-7H2,1-3H3. The first-order chi connectivity index (χ1) is 5.63. The summed E-state index contributed by atoms with van der Waals surface area (Å²) in [5.74, 6) is 0.754. The molecule has 1 heterocycles. The largest absolute Gasteiger partial charge is 0.298 e. The van der Waals surface area contributed by atoms with Gasteiger partial charge in [0.15, 0.2) is 0 Å². The van der Waals surface area contributed by atoms with Gasteiger partial charge in [-0.05, 0) is 25.7 Å². The van der Waals surface area contributed by atoms with E-state index in [1.165, 1.54) is 6.42 Å². The van der Waals surface area contributed by atoms with Crippen molar-refractivity contribution in [2.75, 3.05) is 13.1 Å². The SMILES string of the molecule is CCC(F)CN1CC(C)CC1C. The predicted octanol–water partition coefficient (Wildman–Crippen LogP) is 2.46. The minimum Gasteiger partial charge on any atom is -0.298 e. The molecule has 0 bridgehead atoms. The second kappa shape index (κ2) is 4.22. The first-order valence-corrected chi connectivity index (χ1v) is 5.01. The number of nitrogens with zero attached hydrogens (tertiary/aromatic N) is 1. The van der Waals surface area contributed by atoms with E-state index >= 15 is 0 Å². The summed E-state index contributed by atoms with van der Waals surface area (Å²) < 4.78 is 13.0. The summed E-state index contributed by atoms with van der Waals surface area (Å²) >= 11 is 0. The molecule has 1 saturated heterocycles. The number of hydrogen-bond acceptors (Lipinski definition) is 1. The minimum atomic E-state index is -0.627. The molecule has 0 amide bonds. The van der Waals surface area contributed by atoms with Crippen molar-refractivity contribution in [1.29, 1.82) is 0 Å². The first-order valence-electron chi connectivity index (χ1n) is 5.01. The number of halogens is 1. The Labute approximate surface area is 74.9 Å². The quantitative estimate of drug-likeness (QED) is 0.633. The first kappa shape index (κ1) is 9.97. The van der Waals surface area contributed by atoms with E-state index in [1.54, 1.807) is 0 Å². The molecule has 3 unspecified atom stereocenters. The summed E-state index contributed by atoms with van der Waals surface area (Å²) in [5.41, 5.74) is 0. The van der Waals surface area contributed by atoms with Crippen LogP contribution in [0.3, 0.4) is 0 Å². The highest BCUT2D eigenvalue weighted by atomic mass is 19.1. The Morgan fingerprint density at radius 1 is 1.50 bits per heavy atom. The molecule has 0 aliphatic carbocycles. The minimum absolute atomic E-state index is 0.588. The van der Waals surface area contributed by atoms with Crippen LogP contribution >= 0.6 is 0 Å². The Bertz CT molecular complexity index is 138. The van der Waals surface area contributed by atoms with Crippen LogP contribution < -0.4 is 0 Å². The molecule has 0 aromatic rings. The number of alkyl halides is 1. The molecule has 1 aliphatic heterocycles. The van der Waals surface area contributed by atoms with Crippen LogP contribution in [0.4, 0.5) is 4.39 Å². The highest BCUT2D eigenvalue weighted by molar-refractivity contribution is 4.81. The van der Waals surface area contributed by atoms with E-state index in [2.05, 4.69) is 18.7 Å². The molecule has 1 fully saturated rings. The third-order valence-electron chi connectivity index (χ3n) is 2.79. The zero-order valence-corrected chi connectivity index (χ0v) is 8.39. The third-order valence-corrected chi connectivity index (χ3v) is 2.79. The molecule has 0 aromatic carbocycles. The van der Waals surface area contributed by atoms with E-state index in [9.17, 15) is 4.39 Å². The van der Waals surface area contributed by atoms with Crippen molar-refractivity contribution in [3.05, 3.63) is 0 Å². The zero-order valence-electron chi connectivity index (χ0n) is 8.39. The summed E-state index contributed by atoms with van der Waals surface area (Å²) in [5, 5.41) is 0. The smallest absolute Gasteiger partial charge is 0.112 e. The molecule has 0 radical (unpaired) electrons. The fraction of sp³-hybridized carbons (Fsp3) is 1.00. The van der Waals surface area contributed by atoms with E-state index in [0.717, 1.165) is 12.5 Å². The van der Waals surface area contributed by atoms with Gasteiger partial charge < -0.3 is 0 Å². The lowest BCUT2D eigenvalue weighted by Gasteiger charge is -2.22. The zero-order chi connectivity index (χ0) is 9.14. The summed E-state index contributed by atoms with van der Waals surface area (Å²) in [4.78, 5) is 2.28. The lowest BCUT2D eigenvalue weighted by molar-refractivity contribution is 0.181. The lowest BCUT2D eigenvalue weighted by atomic mass is 10.1. The lowest BCUT2D eigenvalue weighted by Crippen LogP contribution is -2.33. The molecule has 1 aliphatic rings. The molecule has 2 heteroatoms. The van der Waals surface area contributed by atoms with Gasteiger partial charge in [-0.25, -0.2) is 4.39 Å². The van der Waals surface area contributed by atoms with Crippen LogP contribution in [-0.2, 0) is 0 Å². The molecule has 1 rings (SSSR count). The Hall–Kier alpha value is -0.110. The van der Waals surface area contributed by atoms with Crippen LogP contribution in [0.2, 0.25) is 0 Å². The highest BCUT2D eigenvalue weighted by Crippen LogP contribution is 2.22. The van der Waals surface area contributed by atoms with Crippen molar-refractivity contribution in [3.63, 3.8) is 0 Å². The average molecular weight is 173 g/mol. The summed E-state index contributed by atoms with van der Waals surface area (Å²) in [7, 11) is 0. The summed E-state index contributed by atoms with van der Waals surface area (Å²) in [6, 6.07) is 0.588. The van der Waals surface area contributed by atoms with E-state index in [1.807, 2.05) is 6.92 Å². The van der Waals surface area contributed by atoms with Crippen molar-refractivity contribution in [2.24, 2.45) is 5.92 Å². The van der Waals surface area contributed by atoms with Gasteiger partial charge in [-0.2, -0.15) is 0 Å². The van der Waals surface area contributed by atoms with E-state index in [4.69, 9.17) is 0 Å². The van der Waals surface area contributed by atoms with Crippen LogP contribution in [-0.4, -0.2) is 30.2 Å². The molecular weight excluding hydrogens is 153 g/mol. The molecule has 3 atom stereocenters. The fourth-order valence-electron chi connectivity index (χ4n) is 2.02. The van der Waals surface area contributed by atoms with Gasteiger partial charge in [-0.15, -0.1) is 0 Å². The van der Waals surface area contributed by atoms with Crippen LogP contribution in [0, 0.1) is 5.92 Å². The fourth-order valence-corrected chi connectivity index (χ4v) is 2.02. The van der Waals surface area contributed by atoms with Gasteiger partial charge in [0, 0.05) is 19.1 Å². The number of likely N-dealkylation sites (tertiary alicyclic amines) is 1. The molecule has 0 spiro atoms. The van der Waals surface area contributed by atoms with Gasteiger partial charge in [0.05, 0.1) is 0 Å². The Morgan fingerprint density at radius 2 is 2.17 bits per heavy atom. The van der Waals surface area contributed by atoms with Crippen LogP contribution in [0.5, 0.6) is 0 Å². The monoisotopic (exact) mass is 173 g/mol. The van der Waals surface area contributed by atoms with Gasteiger partial charge in [-0.3, -0.25) is 4.90 Å². The van der Waals surface area contributed by atoms with Gasteiger partial charge in [0.25, 0.3) is 0 Å². The Balaban J connectivity index is 2.32. The van der Waals surface area contributed by atoms with Crippen molar-refractivity contribution in [1.82, 2.24) is 4.90 Å². The molecule has 0 aromatic heterocycles. The Morgan fingerprint density at radius 3 is 2.58 bits per heavy atom. The van der Waals surface area contributed by atoms with E-state index in [-0.39, 0.29) is 0 Å². The molecule has 0 saturated carbocycles. The second-order valence-corrected chi connectivity index (χ2v) is 4.15. The van der Waals surface area contributed by atoms with Gasteiger partial charge in [0.2, 0.25) is 0 Å². The van der Waals surface area contributed by atoms with Crippen molar-refractivity contribution < 1.29 is 4.39 Å². The number of hydrogen-bond donors (Lipinski definition) is 0. The van der Waals surface area contributed by atoms with Crippen molar-refractivity contribution >= 4 is 0 Å². The second-order valence-electron chi connectivity index (χ2n) is 4.15. The van der Waals surface area contributed by atoms with Gasteiger partial charge in [0.1, 0.15) is 6.17 Å².